The quantitative estimate of drug-likeness (QED) is 0.736. The maximum absolute atomic E-state index is 6.27. The van der Waals surface area contributed by atoms with Crippen LogP contribution in [0.1, 0.15) is 40.0 Å². The molecule has 1 saturated heterocycles. The number of likely N-dealkylation sites (tertiary alicyclic amines) is 1. The van der Waals surface area contributed by atoms with E-state index in [0.29, 0.717) is 17.4 Å². The highest BCUT2D eigenvalue weighted by Gasteiger charge is 2.26. The molecular weight excluding hydrogens is 172 g/mol. The van der Waals surface area contributed by atoms with Crippen LogP contribution in [-0.2, 0) is 0 Å². The Bertz CT molecular complexity index is 172. The molecule has 0 aliphatic carbocycles. The predicted molar refractivity (Wildman–Crippen MR) is 62.3 cm³/mol. The zero-order valence-corrected chi connectivity index (χ0v) is 10.2. The van der Waals surface area contributed by atoms with E-state index in [4.69, 9.17) is 5.73 Å². The lowest BCUT2D eigenvalue weighted by molar-refractivity contribution is 0.166. The molecule has 2 heteroatoms. The van der Waals surface area contributed by atoms with Crippen LogP contribution in [0.5, 0.6) is 0 Å². The second-order valence-electron chi connectivity index (χ2n) is 6.09. The van der Waals surface area contributed by atoms with Gasteiger partial charge in [0.15, 0.2) is 0 Å². The van der Waals surface area contributed by atoms with Crippen molar-refractivity contribution >= 4 is 0 Å². The van der Waals surface area contributed by atoms with E-state index in [2.05, 4.69) is 32.7 Å². The molecule has 1 aliphatic heterocycles. The van der Waals surface area contributed by atoms with Gasteiger partial charge >= 0.3 is 0 Å². The van der Waals surface area contributed by atoms with Gasteiger partial charge in [-0.15, -0.1) is 0 Å². The minimum absolute atomic E-state index is 0.370. The average molecular weight is 198 g/mol. The predicted octanol–water partition coefficient (Wildman–Crippen LogP) is 2.09. The van der Waals surface area contributed by atoms with Gasteiger partial charge in [0, 0.05) is 12.6 Å². The smallest absolute Gasteiger partial charge is 0.00843 e. The van der Waals surface area contributed by atoms with Crippen molar-refractivity contribution in [2.75, 3.05) is 20.1 Å². The van der Waals surface area contributed by atoms with Gasteiger partial charge in [0.25, 0.3) is 0 Å². The van der Waals surface area contributed by atoms with Crippen LogP contribution in [0.25, 0.3) is 0 Å². The third-order valence-corrected chi connectivity index (χ3v) is 3.11. The summed E-state index contributed by atoms with van der Waals surface area (Å²) in [5.74, 6) is 0.716. The van der Waals surface area contributed by atoms with Gasteiger partial charge < -0.3 is 10.6 Å². The highest BCUT2D eigenvalue weighted by molar-refractivity contribution is 4.82. The lowest BCUT2D eigenvalue weighted by Crippen LogP contribution is -2.43. The standard InChI is InChI=1S/C12H26N2/c1-12(2,3)8-11(13)10-6-5-7-14(4)9-10/h10-11H,5-9,13H2,1-4H3. The largest absolute Gasteiger partial charge is 0.327 e. The third-order valence-electron chi connectivity index (χ3n) is 3.11. The summed E-state index contributed by atoms with van der Waals surface area (Å²) in [4.78, 5) is 2.41. The molecule has 1 aliphatic rings. The first-order chi connectivity index (χ1) is 6.38. The first kappa shape index (κ1) is 12.0. The van der Waals surface area contributed by atoms with Crippen LogP contribution in [0.3, 0.4) is 0 Å². The average Bonchev–Trinajstić information content (AvgIpc) is 2.01. The van der Waals surface area contributed by atoms with Crippen molar-refractivity contribution in [2.45, 2.75) is 46.1 Å². The molecule has 2 nitrogen and oxygen atoms in total. The molecule has 1 rings (SSSR count). The van der Waals surface area contributed by atoms with E-state index in [-0.39, 0.29) is 0 Å². The Labute approximate surface area is 88.8 Å². The fourth-order valence-corrected chi connectivity index (χ4v) is 2.43. The minimum Gasteiger partial charge on any atom is -0.327 e. The summed E-state index contributed by atoms with van der Waals surface area (Å²) in [5, 5.41) is 0. The van der Waals surface area contributed by atoms with Crippen molar-refractivity contribution < 1.29 is 0 Å². The molecule has 1 heterocycles. The van der Waals surface area contributed by atoms with Crippen molar-refractivity contribution in [3.63, 3.8) is 0 Å². The number of nitrogens with zero attached hydrogens (tertiary/aromatic N) is 1. The van der Waals surface area contributed by atoms with Crippen LogP contribution >= 0.6 is 0 Å². The Morgan fingerprint density at radius 3 is 2.57 bits per heavy atom. The number of rotatable bonds is 2. The highest BCUT2D eigenvalue weighted by Crippen LogP contribution is 2.27. The van der Waals surface area contributed by atoms with Crippen LogP contribution in [0.2, 0.25) is 0 Å². The molecule has 14 heavy (non-hydrogen) atoms. The lowest BCUT2D eigenvalue weighted by atomic mass is 9.81. The Kier molecular flexibility index (Phi) is 3.96. The first-order valence-corrected chi connectivity index (χ1v) is 5.82. The monoisotopic (exact) mass is 198 g/mol. The number of hydrogen-bond acceptors (Lipinski definition) is 2. The highest BCUT2D eigenvalue weighted by atomic mass is 15.1. The number of hydrogen-bond donors (Lipinski definition) is 1. The molecular formula is C12H26N2. The van der Waals surface area contributed by atoms with Crippen LogP contribution in [0.15, 0.2) is 0 Å². The Morgan fingerprint density at radius 2 is 2.07 bits per heavy atom. The molecule has 0 amide bonds. The molecule has 0 radical (unpaired) electrons. The van der Waals surface area contributed by atoms with E-state index in [9.17, 15) is 0 Å². The van der Waals surface area contributed by atoms with E-state index in [1.165, 1.54) is 25.9 Å². The zero-order valence-electron chi connectivity index (χ0n) is 10.2. The summed E-state index contributed by atoms with van der Waals surface area (Å²) in [7, 11) is 2.20. The molecule has 0 saturated carbocycles. The third kappa shape index (κ3) is 3.97. The molecule has 84 valence electrons. The molecule has 0 bridgehead atoms. The SMILES string of the molecule is CN1CCCC(C(N)CC(C)(C)C)C1. The summed E-state index contributed by atoms with van der Waals surface area (Å²) < 4.78 is 0. The van der Waals surface area contributed by atoms with Gasteiger partial charge in [0.05, 0.1) is 0 Å². The number of piperidine rings is 1. The summed E-state index contributed by atoms with van der Waals surface area (Å²) in [6.45, 7) is 9.27. The Hall–Kier alpha value is -0.0800. The fourth-order valence-electron chi connectivity index (χ4n) is 2.43. The summed E-state index contributed by atoms with van der Waals surface area (Å²) in [6.07, 6.45) is 3.78. The van der Waals surface area contributed by atoms with Gasteiger partial charge in [-0.2, -0.15) is 0 Å². The zero-order chi connectivity index (χ0) is 10.8. The van der Waals surface area contributed by atoms with Crippen molar-refractivity contribution in [2.24, 2.45) is 17.1 Å². The van der Waals surface area contributed by atoms with Crippen LogP contribution in [-0.4, -0.2) is 31.1 Å². The van der Waals surface area contributed by atoms with E-state index in [1.807, 2.05) is 0 Å². The van der Waals surface area contributed by atoms with Crippen molar-refractivity contribution in [1.29, 1.82) is 0 Å². The molecule has 2 atom stereocenters. The van der Waals surface area contributed by atoms with Gasteiger partial charge in [-0.1, -0.05) is 20.8 Å². The van der Waals surface area contributed by atoms with Crippen molar-refractivity contribution in [3.8, 4) is 0 Å². The molecule has 0 aromatic heterocycles. The van der Waals surface area contributed by atoms with Crippen LogP contribution in [0, 0.1) is 11.3 Å². The van der Waals surface area contributed by atoms with Gasteiger partial charge in [-0.05, 0) is 44.2 Å². The maximum Gasteiger partial charge on any atom is 0.00843 e. The molecule has 0 spiro atoms. The van der Waals surface area contributed by atoms with E-state index in [0.717, 1.165) is 6.42 Å². The normalized spacial score (nSPS) is 27.6. The summed E-state index contributed by atoms with van der Waals surface area (Å²) in [5.41, 5.74) is 6.64. The Balaban J connectivity index is 2.39. The maximum atomic E-state index is 6.27. The molecule has 0 aromatic rings. The molecule has 0 aromatic carbocycles. The van der Waals surface area contributed by atoms with Crippen LogP contribution < -0.4 is 5.73 Å². The van der Waals surface area contributed by atoms with Gasteiger partial charge in [-0.3, -0.25) is 0 Å². The fraction of sp³-hybridized carbons (Fsp3) is 1.00. The molecule has 1 fully saturated rings. The van der Waals surface area contributed by atoms with Crippen molar-refractivity contribution in [3.05, 3.63) is 0 Å². The topological polar surface area (TPSA) is 29.3 Å². The van der Waals surface area contributed by atoms with Gasteiger partial charge in [0.1, 0.15) is 0 Å². The van der Waals surface area contributed by atoms with Crippen LogP contribution in [0.4, 0.5) is 0 Å². The Morgan fingerprint density at radius 1 is 1.43 bits per heavy atom. The minimum atomic E-state index is 0.370. The first-order valence-electron chi connectivity index (χ1n) is 5.82. The lowest BCUT2D eigenvalue weighted by Gasteiger charge is -2.35. The molecule has 2 unspecified atom stereocenters. The summed E-state index contributed by atoms with van der Waals surface area (Å²) in [6, 6.07) is 0.387. The van der Waals surface area contributed by atoms with E-state index < -0.39 is 0 Å². The number of nitrogens with two attached hydrogens (primary N) is 1. The van der Waals surface area contributed by atoms with Crippen molar-refractivity contribution in [1.82, 2.24) is 4.90 Å². The van der Waals surface area contributed by atoms with Gasteiger partial charge in [0.2, 0.25) is 0 Å². The second-order valence-corrected chi connectivity index (χ2v) is 6.09. The van der Waals surface area contributed by atoms with E-state index >= 15 is 0 Å². The van der Waals surface area contributed by atoms with E-state index in [1.54, 1.807) is 0 Å². The second kappa shape index (κ2) is 4.63. The summed E-state index contributed by atoms with van der Waals surface area (Å²) >= 11 is 0. The van der Waals surface area contributed by atoms with Gasteiger partial charge in [-0.25, -0.2) is 0 Å². The molecule has 2 N–H and O–H groups in total.